The summed E-state index contributed by atoms with van der Waals surface area (Å²) in [5, 5.41) is 11.3. The van der Waals surface area contributed by atoms with Crippen LogP contribution < -0.4 is 14.2 Å². The van der Waals surface area contributed by atoms with Gasteiger partial charge in [-0.25, -0.2) is 0 Å². The number of aliphatic hydroxyl groups excluding tert-OH is 1. The highest BCUT2D eigenvalue weighted by molar-refractivity contribution is 6.46. The molecular formula is C27H24N2O6. The lowest BCUT2D eigenvalue weighted by atomic mass is 9.95. The summed E-state index contributed by atoms with van der Waals surface area (Å²) in [5.41, 5.74) is 1.82. The van der Waals surface area contributed by atoms with Crippen molar-refractivity contribution in [2.24, 2.45) is 0 Å². The van der Waals surface area contributed by atoms with Crippen LogP contribution in [0.2, 0.25) is 0 Å². The highest BCUT2D eigenvalue weighted by Crippen LogP contribution is 2.42. The number of hydrogen-bond acceptors (Lipinski definition) is 7. The lowest BCUT2D eigenvalue weighted by Crippen LogP contribution is -2.29. The van der Waals surface area contributed by atoms with Gasteiger partial charge in [-0.05, 0) is 54.4 Å². The first-order valence-corrected chi connectivity index (χ1v) is 11.4. The molecule has 0 saturated carbocycles. The smallest absolute Gasteiger partial charge is 0.295 e. The van der Waals surface area contributed by atoms with Crippen LogP contribution in [0.5, 0.6) is 17.2 Å². The average Bonchev–Trinajstić information content (AvgIpc) is 3.14. The summed E-state index contributed by atoms with van der Waals surface area (Å²) in [7, 11) is 0. The Bertz CT molecular complexity index is 1290. The molecule has 0 radical (unpaired) electrons. The number of likely N-dealkylation sites (tertiary alicyclic amines) is 1. The van der Waals surface area contributed by atoms with Crippen molar-refractivity contribution in [2.75, 3.05) is 19.8 Å². The first kappa shape index (κ1) is 22.5. The lowest BCUT2D eigenvalue weighted by Gasteiger charge is -2.25. The topological polar surface area (TPSA) is 98.2 Å². The molecule has 1 fully saturated rings. The fourth-order valence-corrected chi connectivity index (χ4v) is 4.34. The van der Waals surface area contributed by atoms with Crippen molar-refractivity contribution in [3.05, 3.63) is 89.3 Å². The standard InChI is InChI=1S/C27H24N2O6/c1-2-33-20-8-5-18(6-9-20)24-23(25(30)19-7-10-21-22(14-19)35-13-12-34-21)26(31)27(32)29(24)16-17-4-3-11-28-15-17/h3-11,14-15,24,30H,2,12-13,16H2,1H3/b25-23+/t24-/m0/s1. The van der Waals surface area contributed by atoms with Gasteiger partial charge in [0.15, 0.2) is 11.5 Å². The molecule has 0 unspecified atom stereocenters. The van der Waals surface area contributed by atoms with E-state index in [9.17, 15) is 14.7 Å². The van der Waals surface area contributed by atoms with Crippen LogP contribution in [0.4, 0.5) is 0 Å². The monoisotopic (exact) mass is 472 g/mol. The summed E-state index contributed by atoms with van der Waals surface area (Å²) >= 11 is 0. The lowest BCUT2D eigenvalue weighted by molar-refractivity contribution is -0.140. The van der Waals surface area contributed by atoms with Crippen molar-refractivity contribution in [1.82, 2.24) is 9.88 Å². The SMILES string of the molecule is CCOc1ccc([C@H]2/C(=C(\O)c3ccc4c(c3)OCCO4)C(=O)C(=O)N2Cc2cccnc2)cc1. The van der Waals surface area contributed by atoms with Crippen molar-refractivity contribution in [3.63, 3.8) is 0 Å². The van der Waals surface area contributed by atoms with Gasteiger partial charge in [-0.15, -0.1) is 0 Å². The number of aromatic nitrogens is 1. The van der Waals surface area contributed by atoms with Crippen LogP contribution in [-0.4, -0.2) is 46.5 Å². The van der Waals surface area contributed by atoms with Gasteiger partial charge in [0.2, 0.25) is 0 Å². The molecule has 1 saturated heterocycles. The first-order chi connectivity index (χ1) is 17.1. The van der Waals surface area contributed by atoms with Gasteiger partial charge < -0.3 is 24.2 Å². The molecule has 35 heavy (non-hydrogen) atoms. The Morgan fingerprint density at radius 3 is 2.57 bits per heavy atom. The molecule has 5 rings (SSSR count). The number of fused-ring (bicyclic) bond motifs is 1. The van der Waals surface area contributed by atoms with E-state index in [0.717, 1.165) is 5.56 Å². The van der Waals surface area contributed by atoms with Gasteiger partial charge in [0.1, 0.15) is 24.7 Å². The van der Waals surface area contributed by atoms with Gasteiger partial charge in [-0.2, -0.15) is 0 Å². The van der Waals surface area contributed by atoms with E-state index >= 15 is 0 Å². The Hall–Kier alpha value is -4.33. The maximum Gasteiger partial charge on any atom is 0.295 e. The maximum absolute atomic E-state index is 13.3. The van der Waals surface area contributed by atoms with E-state index in [1.165, 1.54) is 4.90 Å². The number of carbonyl (C=O) groups is 2. The normalized spacial score (nSPS) is 18.5. The predicted molar refractivity (Wildman–Crippen MR) is 127 cm³/mol. The second-order valence-corrected chi connectivity index (χ2v) is 8.15. The molecule has 178 valence electrons. The first-order valence-electron chi connectivity index (χ1n) is 11.4. The number of nitrogens with zero attached hydrogens (tertiary/aromatic N) is 2. The molecule has 0 bridgehead atoms. The number of pyridine rings is 1. The number of amides is 1. The Morgan fingerprint density at radius 2 is 1.86 bits per heavy atom. The van der Waals surface area contributed by atoms with E-state index in [4.69, 9.17) is 14.2 Å². The van der Waals surface area contributed by atoms with Crippen LogP contribution >= 0.6 is 0 Å². The minimum atomic E-state index is -0.793. The van der Waals surface area contributed by atoms with Crippen LogP contribution in [-0.2, 0) is 16.1 Å². The number of carbonyl (C=O) groups excluding carboxylic acids is 2. The van der Waals surface area contributed by atoms with Gasteiger partial charge in [0.25, 0.3) is 11.7 Å². The average molecular weight is 472 g/mol. The van der Waals surface area contributed by atoms with Gasteiger partial charge in [-0.3, -0.25) is 14.6 Å². The number of ether oxygens (including phenoxy) is 3. The van der Waals surface area contributed by atoms with Crippen LogP contribution in [0.25, 0.3) is 5.76 Å². The van der Waals surface area contributed by atoms with E-state index in [1.807, 2.05) is 13.0 Å². The quantitative estimate of drug-likeness (QED) is 0.330. The minimum absolute atomic E-state index is 0.0136. The highest BCUT2D eigenvalue weighted by atomic mass is 16.6. The molecule has 2 aromatic carbocycles. The molecule has 3 aromatic rings. The van der Waals surface area contributed by atoms with Crippen molar-refractivity contribution in [1.29, 1.82) is 0 Å². The predicted octanol–water partition coefficient (Wildman–Crippen LogP) is 3.87. The third-order valence-corrected chi connectivity index (χ3v) is 5.94. The molecule has 0 spiro atoms. The van der Waals surface area contributed by atoms with Crippen LogP contribution in [0.15, 0.2) is 72.6 Å². The molecular weight excluding hydrogens is 448 g/mol. The zero-order valence-corrected chi connectivity index (χ0v) is 19.1. The van der Waals surface area contributed by atoms with E-state index in [1.54, 1.807) is 60.9 Å². The summed E-state index contributed by atoms with van der Waals surface area (Å²) in [6.07, 6.45) is 3.29. The Labute approximate surface area is 202 Å². The van der Waals surface area contributed by atoms with Crippen molar-refractivity contribution < 1.29 is 28.9 Å². The van der Waals surface area contributed by atoms with Gasteiger partial charge in [0, 0.05) is 24.5 Å². The zero-order valence-electron chi connectivity index (χ0n) is 19.1. The highest BCUT2D eigenvalue weighted by Gasteiger charge is 2.46. The number of hydrogen-bond donors (Lipinski definition) is 1. The van der Waals surface area contributed by atoms with Gasteiger partial charge >= 0.3 is 0 Å². The van der Waals surface area contributed by atoms with Crippen molar-refractivity contribution in [2.45, 2.75) is 19.5 Å². The second kappa shape index (κ2) is 9.50. The van der Waals surface area contributed by atoms with E-state index < -0.39 is 17.7 Å². The third kappa shape index (κ3) is 4.30. The van der Waals surface area contributed by atoms with Crippen LogP contribution in [0, 0.1) is 0 Å². The number of benzene rings is 2. The number of aliphatic hydroxyl groups is 1. The summed E-state index contributed by atoms with van der Waals surface area (Å²) < 4.78 is 16.7. The van der Waals surface area contributed by atoms with Crippen molar-refractivity contribution >= 4 is 17.4 Å². The largest absolute Gasteiger partial charge is 0.507 e. The van der Waals surface area contributed by atoms with E-state index in [0.29, 0.717) is 48.2 Å². The Morgan fingerprint density at radius 1 is 1.09 bits per heavy atom. The molecule has 1 amide bonds. The van der Waals surface area contributed by atoms with Crippen LogP contribution in [0.3, 0.4) is 0 Å². The number of ketones is 1. The summed E-state index contributed by atoms with van der Waals surface area (Å²) in [4.78, 5) is 32.0. The maximum atomic E-state index is 13.3. The van der Waals surface area contributed by atoms with E-state index in [-0.39, 0.29) is 17.9 Å². The summed E-state index contributed by atoms with van der Waals surface area (Å²) in [5.74, 6) is 0.00239. The van der Waals surface area contributed by atoms with Gasteiger partial charge in [0.05, 0.1) is 18.2 Å². The Kier molecular flexibility index (Phi) is 6.10. The van der Waals surface area contributed by atoms with Crippen molar-refractivity contribution in [3.8, 4) is 17.2 Å². The zero-order chi connectivity index (χ0) is 24.4. The summed E-state index contributed by atoms with van der Waals surface area (Å²) in [6.45, 7) is 3.40. The number of Topliss-reactive ketones (excluding diaryl/α,β-unsaturated/α-hetero) is 1. The summed E-state index contributed by atoms with van der Waals surface area (Å²) in [6, 6.07) is 14.9. The molecule has 8 heteroatoms. The molecule has 2 aliphatic rings. The fraction of sp³-hybridized carbons (Fsp3) is 0.222. The number of rotatable bonds is 6. The van der Waals surface area contributed by atoms with Crippen LogP contribution in [0.1, 0.15) is 29.7 Å². The Balaban J connectivity index is 1.61. The molecule has 1 N–H and O–H groups in total. The molecule has 0 aliphatic carbocycles. The van der Waals surface area contributed by atoms with E-state index in [2.05, 4.69) is 4.98 Å². The second-order valence-electron chi connectivity index (χ2n) is 8.15. The fourth-order valence-electron chi connectivity index (χ4n) is 4.34. The van der Waals surface area contributed by atoms with Gasteiger partial charge in [-0.1, -0.05) is 18.2 Å². The molecule has 2 aliphatic heterocycles. The molecule has 1 atom stereocenters. The molecule has 8 nitrogen and oxygen atoms in total. The molecule has 1 aromatic heterocycles. The molecule has 3 heterocycles. The third-order valence-electron chi connectivity index (χ3n) is 5.94. The minimum Gasteiger partial charge on any atom is -0.507 e.